The molecule has 0 radical (unpaired) electrons. The maximum atomic E-state index is 12.8. The highest BCUT2D eigenvalue weighted by Crippen LogP contribution is 2.37. The first-order chi connectivity index (χ1) is 9.77. The summed E-state index contributed by atoms with van der Waals surface area (Å²) in [5, 5.41) is 0. The highest BCUT2D eigenvalue weighted by Gasteiger charge is 2.31. The van der Waals surface area contributed by atoms with E-state index in [1.165, 1.54) is 12.1 Å². The monoisotopic (exact) mass is 484 g/mol. The molecule has 0 heterocycles. The molecule has 0 nitrogen and oxygen atoms in total. The van der Waals surface area contributed by atoms with Crippen LogP contribution in [0.15, 0.2) is 51.4 Å². The largest absolute Gasteiger partial charge is 0.416 e. The summed E-state index contributed by atoms with van der Waals surface area (Å²) in [6, 6.07) is 11.4. The second-order valence-electron chi connectivity index (χ2n) is 4.53. The molecule has 0 saturated carbocycles. The lowest BCUT2D eigenvalue weighted by Crippen LogP contribution is -2.07. The van der Waals surface area contributed by atoms with Crippen molar-refractivity contribution in [3.05, 3.63) is 68.1 Å². The lowest BCUT2D eigenvalue weighted by molar-refractivity contribution is -0.137. The number of benzene rings is 2. The van der Waals surface area contributed by atoms with Gasteiger partial charge in [0.15, 0.2) is 0 Å². The molecule has 0 fully saturated rings. The third-order valence-corrected chi connectivity index (χ3v) is 5.06. The van der Waals surface area contributed by atoms with Gasteiger partial charge in [0.2, 0.25) is 0 Å². The Balaban J connectivity index is 2.26. The van der Waals surface area contributed by atoms with Crippen LogP contribution < -0.4 is 0 Å². The molecule has 0 spiro atoms. The Hall–Kier alpha value is -0.330. The molecule has 0 aromatic heterocycles. The normalized spacial score (nSPS) is 13.2. The summed E-state index contributed by atoms with van der Waals surface area (Å²) < 4.78 is 40.0. The van der Waals surface area contributed by atoms with E-state index in [-0.39, 0.29) is 4.83 Å². The molecule has 2 aromatic carbocycles. The zero-order valence-electron chi connectivity index (χ0n) is 10.6. The van der Waals surface area contributed by atoms with Crippen molar-refractivity contribution in [3.63, 3.8) is 0 Å². The highest BCUT2D eigenvalue weighted by molar-refractivity contribution is 9.11. The summed E-state index contributed by atoms with van der Waals surface area (Å²) in [4.78, 5) is -0.199. The topological polar surface area (TPSA) is 0 Å². The summed E-state index contributed by atoms with van der Waals surface area (Å²) in [6.45, 7) is 0. The van der Waals surface area contributed by atoms with Crippen LogP contribution in [0, 0.1) is 0 Å². The summed E-state index contributed by atoms with van der Waals surface area (Å²) in [5.41, 5.74) is 0.998. The lowest BCUT2D eigenvalue weighted by atomic mass is 10.0. The molecular weight excluding hydrogens is 477 g/mol. The van der Waals surface area contributed by atoms with E-state index in [1.54, 1.807) is 0 Å². The van der Waals surface area contributed by atoms with Gasteiger partial charge in [0.25, 0.3) is 0 Å². The van der Waals surface area contributed by atoms with Crippen molar-refractivity contribution < 1.29 is 13.2 Å². The van der Waals surface area contributed by atoms with Crippen LogP contribution >= 0.6 is 47.8 Å². The predicted octanol–water partition coefficient (Wildman–Crippen LogP) is 6.91. The van der Waals surface area contributed by atoms with Crippen molar-refractivity contribution in [3.8, 4) is 0 Å². The Morgan fingerprint density at radius 3 is 2.14 bits per heavy atom. The second kappa shape index (κ2) is 6.84. The minimum absolute atomic E-state index is 0.199. The molecule has 0 saturated heterocycles. The minimum atomic E-state index is -4.33. The Labute approximate surface area is 146 Å². The van der Waals surface area contributed by atoms with E-state index in [1.807, 2.05) is 24.3 Å². The second-order valence-corrected chi connectivity index (χ2v) is 7.41. The first-order valence-corrected chi connectivity index (χ1v) is 8.52. The van der Waals surface area contributed by atoms with E-state index in [9.17, 15) is 13.2 Å². The van der Waals surface area contributed by atoms with Crippen molar-refractivity contribution in [2.75, 3.05) is 0 Å². The molecule has 2 aromatic rings. The van der Waals surface area contributed by atoms with Gasteiger partial charge < -0.3 is 0 Å². The molecule has 1 atom stereocenters. The van der Waals surface area contributed by atoms with Crippen LogP contribution in [0.5, 0.6) is 0 Å². The standard InChI is InChI=1S/C15H10Br3F3/c16-11-4-1-9(2-5-11)7-14(18)12-8-10(15(19,20)21)3-6-13(12)17/h1-6,8,14H,7H2. The van der Waals surface area contributed by atoms with Crippen molar-refractivity contribution >= 4 is 47.8 Å². The molecule has 21 heavy (non-hydrogen) atoms. The van der Waals surface area contributed by atoms with Crippen LogP contribution in [0.3, 0.4) is 0 Å². The Morgan fingerprint density at radius 1 is 0.952 bits per heavy atom. The SMILES string of the molecule is FC(F)(F)c1ccc(Br)c(C(Br)Cc2ccc(Br)cc2)c1. The fourth-order valence-electron chi connectivity index (χ4n) is 1.90. The zero-order chi connectivity index (χ0) is 15.6. The molecule has 0 aliphatic rings. The van der Waals surface area contributed by atoms with Gasteiger partial charge in [-0.1, -0.05) is 59.9 Å². The molecule has 0 amide bonds. The van der Waals surface area contributed by atoms with Crippen LogP contribution in [-0.2, 0) is 12.6 Å². The van der Waals surface area contributed by atoms with Crippen molar-refractivity contribution in [1.29, 1.82) is 0 Å². The lowest BCUT2D eigenvalue weighted by Gasteiger charge is -2.15. The van der Waals surface area contributed by atoms with Gasteiger partial charge in [-0.05, 0) is 47.9 Å². The Morgan fingerprint density at radius 2 is 1.57 bits per heavy atom. The predicted molar refractivity (Wildman–Crippen MR) is 88.7 cm³/mol. The van der Waals surface area contributed by atoms with Gasteiger partial charge >= 0.3 is 6.18 Å². The Bertz CT molecular complexity index is 621. The average molecular weight is 487 g/mol. The quantitative estimate of drug-likeness (QED) is 0.413. The van der Waals surface area contributed by atoms with Gasteiger partial charge in [0.05, 0.1) is 5.56 Å². The molecule has 0 N–H and O–H groups in total. The number of halogens is 6. The average Bonchev–Trinajstić information content (AvgIpc) is 2.40. The molecule has 0 bridgehead atoms. The maximum Gasteiger partial charge on any atom is 0.416 e. The molecule has 6 heteroatoms. The summed E-state index contributed by atoms with van der Waals surface area (Å²) in [5.74, 6) is 0. The van der Waals surface area contributed by atoms with Crippen LogP contribution in [0.4, 0.5) is 13.2 Å². The van der Waals surface area contributed by atoms with E-state index >= 15 is 0 Å². The van der Waals surface area contributed by atoms with Crippen molar-refractivity contribution in [1.82, 2.24) is 0 Å². The number of hydrogen-bond donors (Lipinski definition) is 0. The molecule has 1 unspecified atom stereocenters. The van der Waals surface area contributed by atoms with E-state index in [0.717, 1.165) is 16.1 Å². The van der Waals surface area contributed by atoms with E-state index in [4.69, 9.17) is 0 Å². The van der Waals surface area contributed by atoms with E-state index < -0.39 is 11.7 Å². The van der Waals surface area contributed by atoms with E-state index in [2.05, 4.69) is 47.8 Å². The molecule has 0 aliphatic heterocycles. The van der Waals surface area contributed by atoms with Gasteiger partial charge in [0, 0.05) is 13.8 Å². The number of rotatable bonds is 3. The van der Waals surface area contributed by atoms with Gasteiger partial charge in [-0.2, -0.15) is 13.2 Å². The smallest absolute Gasteiger partial charge is 0.166 e. The van der Waals surface area contributed by atoms with Gasteiger partial charge in [-0.25, -0.2) is 0 Å². The molecular formula is C15H10Br3F3. The van der Waals surface area contributed by atoms with Crippen LogP contribution in [0.1, 0.15) is 21.5 Å². The fraction of sp³-hybridized carbons (Fsp3) is 0.200. The third-order valence-electron chi connectivity index (χ3n) is 2.99. The first-order valence-electron chi connectivity index (χ1n) is 6.02. The van der Waals surface area contributed by atoms with Gasteiger partial charge in [-0.3, -0.25) is 0 Å². The highest BCUT2D eigenvalue weighted by atomic mass is 79.9. The van der Waals surface area contributed by atoms with Gasteiger partial charge in [0.1, 0.15) is 0 Å². The summed E-state index contributed by atoms with van der Waals surface area (Å²) in [6.07, 6.45) is -3.73. The third kappa shape index (κ3) is 4.57. The van der Waals surface area contributed by atoms with E-state index in [0.29, 0.717) is 16.5 Å². The molecule has 2 rings (SSSR count). The molecule has 112 valence electrons. The first kappa shape index (κ1) is 17.0. The van der Waals surface area contributed by atoms with Crippen LogP contribution in [0.25, 0.3) is 0 Å². The zero-order valence-corrected chi connectivity index (χ0v) is 15.4. The summed E-state index contributed by atoms with van der Waals surface area (Å²) in [7, 11) is 0. The van der Waals surface area contributed by atoms with Crippen molar-refractivity contribution in [2.24, 2.45) is 0 Å². The van der Waals surface area contributed by atoms with Gasteiger partial charge in [-0.15, -0.1) is 0 Å². The summed E-state index contributed by atoms with van der Waals surface area (Å²) >= 11 is 10.2. The van der Waals surface area contributed by atoms with Crippen molar-refractivity contribution in [2.45, 2.75) is 17.4 Å². The maximum absolute atomic E-state index is 12.8. The number of hydrogen-bond acceptors (Lipinski definition) is 0. The fourth-order valence-corrected chi connectivity index (χ4v) is 3.74. The van der Waals surface area contributed by atoms with Crippen LogP contribution in [-0.4, -0.2) is 0 Å². The molecule has 0 aliphatic carbocycles. The Kier molecular flexibility index (Phi) is 5.54. The van der Waals surface area contributed by atoms with Crippen LogP contribution in [0.2, 0.25) is 0 Å². The number of alkyl halides is 4. The minimum Gasteiger partial charge on any atom is -0.166 e.